The van der Waals surface area contributed by atoms with Crippen LogP contribution >= 0.6 is 0 Å². The van der Waals surface area contributed by atoms with Gasteiger partial charge in [0.05, 0.1) is 12.1 Å². The summed E-state index contributed by atoms with van der Waals surface area (Å²) in [6.07, 6.45) is 7.55. The van der Waals surface area contributed by atoms with Gasteiger partial charge in [-0.25, -0.2) is 4.98 Å². The summed E-state index contributed by atoms with van der Waals surface area (Å²) in [5.41, 5.74) is 1.67. The molecule has 3 aromatic heterocycles. The normalized spacial score (nSPS) is 17.4. The third kappa shape index (κ3) is 3.27. The minimum Gasteiger partial charge on any atom is -0.365 e. The zero-order chi connectivity index (χ0) is 19.0. The summed E-state index contributed by atoms with van der Waals surface area (Å²) in [5.74, 6) is 3.10. The number of H-pyrrole nitrogens is 1. The van der Waals surface area contributed by atoms with E-state index < -0.39 is 0 Å². The molecule has 142 valence electrons. The van der Waals surface area contributed by atoms with Gasteiger partial charge in [0.2, 0.25) is 0 Å². The van der Waals surface area contributed by atoms with Gasteiger partial charge in [0.25, 0.3) is 5.91 Å². The lowest BCUT2D eigenvalue weighted by molar-refractivity contribution is 0.0703. The number of carbonyl (C=O) groups excluding carboxylic acids is 1. The molecular weight excluding hydrogens is 342 g/mol. The summed E-state index contributed by atoms with van der Waals surface area (Å²) >= 11 is 0. The number of aromatic nitrogens is 6. The standard InChI is InChI=1S/C19H25N7O/c1-13-16(6-7-20-13)19(27)26-9-4-5-15(11-26)18-23-22-17(24(18)3)12-25-10-8-21-14(25)2/h6-8,10,15,20H,4-5,9,11-12H2,1-3H3. The van der Waals surface area contributed by atoms with E-state index in [1.807, 2.05) is 44.3 Å². The van der Waals surface area contributed by atoms with E-state index in [2.05, 4.69) is 29.3 Å². The summed E-state index contributed by atoms with van der Waals surface area (Å²) in [4.78, 5) is 22.1. The Kier molecular flexibility index (Phi) is 4.55. The highest BCUT2D eigenvalue weighted by atomic mass is 16.2. The monoisotopic (exact) mass is 367 g/mol. The largest absolute Gasteiger partial charge is 0.365 e. The number of imidazole rings is 1. The average Bonchev–Trinajstić information content (AvgIpc) is 3.37. The molecule has 8 nitrogen and oxygen atoms in total. The minimum absolute atomic E-state index is 0.0925. The van der Waals surface area contributed by atoms with E-state index in [9.17, 15) is 4.79 Å². The van der Waals surface area contributed by atoms with E-state index in [0.29, 0.717) is 13.1 Å². The van der Waals surface area contributed by atoms with Gasteiger partial charge in [0.1, 0.15) is 11.6 Å². The zero-order valence-corrected chi connectivity index (χ0v) is 16.0. The molecule has 0 aromatic carbocycles. The van der Waals surface area contributed by atoms with Crippen LogP contribution in [0.3, 0.4) is 0 Å². The van der Waals surface area contributed by atoms with Crippen molar-refractivity contribution in [1.82, 2.24) is 34.2 Å². The molecule has 4 heterocycles. The smallest absolute Gasteiger partial charge is 0.255 e. The molecule has 8 heteroatoms. The molecule has 0 radical (unpaired) electrons. The van der Waals surface area contributed by atoms with Crippen molar-refractivity contribution < 1.29 is 4.79 Å². The molecule has 1 aliphatic rings. The molecule has 1 aliphatic heterocycles. The number of nitrogens with zero attached hydrogens (tertiary/aromatic N) is 6. The van der Waals surface area contributed by atoms with Gasteiger partial charge >= 0.3 is 0 Å². The van der Waals surface area contributed by atoms with Crippen LogP contribution < -0.4 is 0 Å². The second-order valence-electron chi connectivity index (χ2n) is 7.24. The molecular formula is C19H25N7O. The summed E-state index contributed by atoms with van der Waals surface area (Å²) in [6.45, 7) is 6.03. The van der Waals surface area contributed by atoms with Gasteiger partial charge in [-0.1, -0.05) is 0 Å². The van der Waals surface area contributed by atoms with Crippen molar-refractivity contribution in [2.45, 2.75) is 39.2 Å². The quantitative estimate of drug-likeness (QED) is 0.765. The topological polar surface area (TPSA) is 84.6 Å². The molecule has 1 amide bonds. The fourth-order valence-electron chi connectivity index (χ4n) is 3.82. The Hall–Kier alpha value is -2.90. The fraction of sp³-hybridized carbons (Fsp3) is 0.474. The van der Waals surface area contributed by atoms with E-state index in [1.165, 1.54) is 0 Å². The molecule has 1 saturated heterocycles. The second kappa shape index (κ2) is 7.02. The Labute approximate surface area is 158 Å². The van der Waals surface area contributed by atoms with E-state index >= 15 is 0 Å². The number of amides is 1. The summed E-state index contributed by atoms with van der Waals surface area (Å²) in [7, 11) is 2.01. The third-order valence-corrected chi connectivity index (χ3v) is 5.49. The molecule has 0 spiro atoms. The lowest BCUT2D eigenvalue weighted by atomic mass is 9.96. The molecule has 27 heavy (non-hydrogen) atoms. The van der Waals surface area contributed by atoms with Crippen LogP contribution in [0.5, 0.6) is 0 Å². The van der Waals surface area contributed by atoms with Crippen molar-refractivity contribution in [3.05, 3.63) is 53.4 Å². The maximum Gasteiger partial charge on any atom is 0.255 e. The van der Waals surface area contributed by atoms with Crippen molar-refractivity contribution in [2.75, 3.05) is 13.1 Å². The van der Waals surface area contributed by atoms with Crippen LogP contribution in [0, 0.1) is 13.8 Å². The lowest BCUT2D eigenvalue weighted by Crippen LogP contribution is -2.39. The van der Waals surface area contributed by atoms with Gasteiger partial charge in [-0.15, -0.1) is 10.2 Å². The summed E-state index contributed by atoms with van der Waals surface area (Å²) < 4.78 is 4.12. The predicted octanol–water partition coefficient (Wildman–Crippen LogP) is 2.02. The van der Waals surface area contributed by atoms with E-state index in [4.69, 9.17) is 0 Å². The van der Waals surface area contributed by atoms with Crippen molar-refractivity contribution in [3.8, 4) is 0 Å². The van der Waals surface area contributed by atoms with Crippen LogP contribution in [-0.2, 0) is 13.6 Å². The zero-order valence-electron chi connectivity index (χ0n) is 16.0. The number of aromatic amines is 1. The van der Waals surface area contributed by atoms with Crippen molar-refractivity contribution >= 4 is 5.91 Å². The van der Waals surface area contributed by atoms with Crippen LogP contribution in [0.1, 0.15) is 52.3 Å². The number of likely N-dealkylation sites (tertiary alicyclic amines) is 1. The number of piperidine rings is 1. The van der Waals surface area contributed by atoms with Crippen LogP contribution in [0.2, 0.25) is 0 Å². The van der Waals surface area contributed by atoms with Gasteiger partial charge < -0.3 is 19.0 Å². The highest BCUT2D eigenvalue weighted by Gasteiger charge is 2.29. The lowest BCUT2D eigenvalue weighted by Gasteiger charge is -2.32. The molecule has 1 fully saturated rings. The predicted molar refractivity (Wildman–Crippen MR) is 100 cm³/mol. The highest BCUT2D eigenvalue weighted by molar-refractivity contribution is 5.95. The number of hydrogen-bond donors (Lipinski definition) is 1. The molecule has 1 unspecified atom stereocenters. The van der Waals surface area contributed by atoms with Crippen molar-refractivity contribution in [2.24, 2.45) is 7.05 Å². The number of aryl methyl sites for hydroxylation is 2. The Morgan fingerprint density at radius 2 is 2.19 bits per heavy atom. The van der Waals surface area contributed by atoms with E-state index in [1.54, 1.807) is 6.20 Å². The molecule has 0 saturated carbocycles. The van der Waals surface area contributed by atoms with E-state index in [0.717, 1.165) is 48.1 Å². The minimum atomic E-state index is 0.0925. The van der Waals surface area contributed by atoms with Gasteiger partial charge in [-0.2, -0.15) is 0 Å². The first-order valence-electron chi connectivity index (χ1n) is 9.33. The summed E-state index contributed by atoms with van der Waals surface area (Å²) in [6, 6.07) is 1.86. The van der Waals surface area contributed by atoms with Gasteiger partial charge in [0, 0.05) is 50.3 Å². The first kappa shape index (κ1) is 17.5. The molecule has 0 bridgehead atoms. The Bertz CT molecular complexity index is 951. The van der Waals surface area contributed by atoms with Crippen LogP contribution in [0.15, 0.2) is 24.7 Å². The Balaban J connectivity index is 1.51. The third-order valence-electron chi connectivity index (χ3n) is 5.49. The Morgan fingerprint density at radius 1 is 1.33 bits per heavy atom. The average molecular weight is 367 g/mol. The molecule has 0 aliphatic carbocycles. The van der Waals surface area contributed by atoms with Crippen LogP contribution in [0.4, 0.5) is 0 Å². The van der Waals surface area contributed by atoms with Gasteiger partial charge in [0.15, 0.2) is 5.82 Å². The Morgan fingerprint density at radius 3 is 2.89 bits per heavy atom. The molecule has 3 aromatic rings. The van der Waals surface area contributed by atoms with E-state index in [-0.39, 0.29) is 11.8 Å². The molecule has 4 rings (SSSR count). The fourth-order valence-corrected chi connectivity index (χ4v) is 3.82. The van der Waals surface area contributed by atoms with Crippen molar-refractivity contribution in [1.29, 1.82) is 0 Å². The number of carbonyl (C=O) groups is 1. The molecule has 1 atom stereocenters. The number of rotatable bonds is 4. The van der Waals surface area contributed by atoms with Crippen molar-refractivity contribution in [3.63, 3.8) is 0 Å². The van der Waals surface area contributed by atoms with Crippen LogP contribution in [0.25, 0.3) is 0 Å². The van der Waals surface area contributed by atoms with Gasteiger partial charge in [-0.3, -0.25) is 4.79 Å². The van der Waals surface area contributed by atoms with Crippen LogP contribution in [-0.4, -0.2) is 53.2 Å². The van der Waals surface area contributed by atoms with Gasteiger partial charge in [-0.05, 0) is 32.8 Å². The number of nitrogens with one attached hydrogen (secondary N) is 1. The summed E-state index contributed by atoms with van der Waals surface area (Å²) in [5, 5.41) is 8.86. The maximum atomic E-state index is 12.9. The second-order valence-corrected chi connectivity index (χ2v) is 7.24. The maximum absolute atomic E-state index is 12.9. The first-order chi connectivity index (χ1) is 13.0. The SMILES string of the molecule is Cc1[nH]ccc1C(=O)N1CCCC(c2nnc(Cn3ccnc3C)n2C)C1. The molecule has 1 N–H and O–H groups in total. The highest BCUT2D eigenvalue weighted by Crippen LogP contribution is 2.27. The number of hydrogen-bond acceptors (Lipinski definition) is 4. The first-order valence-corrected chi connectivity index (χ1v) is 9.33.